The van der Waals surface area contributed by atoms with Gasteiger partial charge in [0.15, 0.2) is 0 Å². The van der Waals surface area contributed by atoms with Gasteiger partial charge in [0, 0.05) is 41.5 Å². The monoisotopic (exact) mass is 530 g/mol. The minimum atomic E-state index is -1.29. The first-order valence-corrected chi connectivity index (χ1v) is 11.9. The molecule has 10 heteroatoms. The van der Waals surface area contributed by atoms with E-state index in [1.54, 1.807) is 50.5 Å². The van der Waals surface area contributed by atoms with Gasteiger partial charge in [-0.1, -0.05) is 23.2 Å². The number of hydrogen-bond donors (Lipinski definition) is 1. The molecule has 1 aliphatic heterocycles. The van der Waals surface area contributed by atoms with Gasteiger partial charge in [-0.15, -0.1) is 0 Å². The third-order valence-corrected chi connectivity index (χ3v) is 6.42. The van der Waals surface area contributed by atoms with E-state index in [9.17, 15) is 14.3 Å². The summed E-state index contributed by atoms with van der Waals surface area (Å²) in [6.45, 7) is 7.33. The zero-order valence-electron chi connectivity index (χ0n) is 20.2. The average Bonchev–Trinajstić information content (AvgIpc) is 2.80. The molecule has 0 radical (unpaired) electrons. The summed E-state index contributed by atoms with van der Waals surface area (Å²) in [7, 11) is 0. The Morgan fingerprint density at radius 1 is 1.19 bits per heavy atom. The van der Waals surface area contributed by atoms with E-state index in [1.807, 2.05) is 18.7 Å². The van der Waals surface area contributed by atoms with Crippen LogP contribution in [0.1, 0.15) is 37.6 Å². The lowest BCUT2D eigenvalue weighted by Crippen LogP contribution is -2.31. The molecule has 3 aromatic rings. The molecule has 4 rings (SSSR count). The van der Waals surface area contributed by atoms with Gasteiger partial charge in [-0.3, -0.25) is 14.3 Å². The van der Waals surface area contributed by atoms with Gasteiger partial charge in [0.05, 0.1) is 34.1 Å². The number of aliphatic hydroxyl groups is 1. The summed E-state index contributed by atoms with van der Waals surface area (Å²) in [4.78, 5) is 23.4. The Hall–Kier alpha value is -3.20. The lowest BCUT2D eigenvalue weighted by atomic mass is 10.0. The van der Waals surface area contributed by atoms with Gasteiger partial charge in [-0.2, -0.15) is 0 Å². The molecule has 0 spiro atoms. The van der Waals surface area contributed by atoms with Crippen molar-refractivity contribution in [2.24, 2.45) is 0 Å². The van der Waals surface area contributed by atoms with E-state index in [0.29, 0.717) is 28.8 Å². The van der Waals surface area contributed by atoms with Crippen LogP contribution in [-0.4, -0.2) is 26.2 Å². The number of hydrogen-bond acceptors (Lipinski definition) is 6. The molecule has 0 aromatic carbocycles. The number of nitrogens with zero attached hydrogens (tertiary/aromatic N) is 4. The Labute approximate surface area is 218 Å². The molecular formula is C26H25Cl2FN4O3. The van der Waals surface area contributed by atoms with Gasteiger partial charge in [0.1, 0.15) is 24.0 Å². The molecule has 0 saturated heterocycles. The maximum atomic E-state index is 13.3. The summed E-state index contributed by atoms with van der Waals surface area (Å²) >= 11 is 12.6. The minimum absolute atomic E-state index is 0.0351. The third kappa shape index (κ3) is 5.31. The first-order valence-electron chi connectivity index (χ1n) is 11.1. The van der Waals surface area contributed by atoms with Crippen molar-refractivity contribution in [3.8, 4) is 5.82 Å². The second-order valence-corrected chi connectivity index (χ2v) is 9.86. The van der Waals surface area contributed by atoms with E-state index in [1.165, 1.54) is 10.6 Å². The standard InChI is InChI=1S/C26H25Cl2FN4O3/c1-15-11-31-24(32-7-5-6-18(25(32)34)26(3,4)35)10-22(15)33-13-20(28)23(8-16(33)2)36-14-21-19(27)9-17(29)12-30-21/h5-12,35H,13-14H2,1-4H3. The molecule has 1 aliphatic rings. The number of anilines is 1. The zero-order valence-corrected chi connectivity index (χ0v) is 21.7. The lowest BCUT2D eigenvalue weighted by Gasteiger charge is -2.31. The minimum Gasteiger partial charge on any atom is -0.486 e. The SMILES string of the molecule is CC1=CC(OCc2ncc(F)cc2Cl)=C(Cl)CN1c1cc(-n2cccc(C(C)(C)O)c2=O)ncc1C. The van der Waals surface area contributed by atoms with Crippen molar-refractivity contribution in [1.29, 1.82) is 0 Å². The van der Waals surface area contributed by atoms with Crippen molar-refractivity contribution in [3.63, 3.8) is 0 Å². The fourth-order valence-corrected chi connectivity index (χ4v) is 4.28. The summed E-state index contributed by atoms with van der Waals surface area (Å²) in [5.74, 6) is 0.360. The van der Waals surface area contributed by atoms with Gasteiger partial charge in [0.2, 0.25) is 0 Å². The number of halogens is 3. The largest absolute Gasteiger partial charge is 0.486 e. The van der Waals surface area contributed by atoms with Crippen molar-refractivity contribution in [3.05, 3.63) is 103 Å². The van der Waals surface area contributed by atoms with Gasteiger partial charge in [0.25, 0.3) is 5.56 Å². The van der Waals surface area contributed by atoms with E-state index >= 15 is 0 Å². The van der Waals surface area contributed by atoms with Crippen molar-refractivity contribution < 1.29 is 14.2 Å². The first-order chi connectivity index (χ1) is 17.0. The van der Waals surface area contributed by atoms with Crippen LogP contribution in [0.4, 0.5) is 10.1 Å². The summed E-state index contributed by atoms with van der Waals surface area (Å²) < 4.78 is 20.5. The highest BCUT2D eigenvalue weighted by Crippen LogP contribution is 2.32. The molecular weight excluding hydrogens is 506 g/mol. The number of aromatic nitrogens is 3. The molecule has 0 bridgehead atoms. The van der Waals surface area contributed by atoms with E-state index in [0.717, 1.165) is 23.1 Å². The second-order valence-electron chi connectivity index (χ2n) is 9.00. The van der Waals surface area contributed by atoms with E-state index < -0.39 is 11.4 Å². The Kier molecular flexibility index (Phi) is 7.22. The predicted molar refractivity (Wildman–Crippen MR) is 138 cm³/mol. The van der Waals surface area contributed by atoms with Gasteiger partial charge in [-0.05, 0) is 51.5 Å². The van der Waals surface area contributed by atoms with Crippen LogP contribution in [0, 0.1) is 12.7 Å². The molecule has 0 saturated carbocycles. The molecule has 0 amide bonds. The molecule has 0 aliphatic carbocycles. The normalized spacial score (nSPS) is 14.2. The van der Waals surface area contributed by atoms with Crippen LogP contribution in [-0.2, 0) is 16.9 Å². The highest BCUT2D eigenvalue weighted by atomic mass is 35.5. The molecule has 0 fully saturated rings. The van der Waals surface area contributed by atoms with Gasteiger partial charge >= 0.3 is 0 Å². The number of pyridine rings is 3. The quantitative estimate of drug-likeness (QED) is 0.462. The lowest BCUT2D eigenvalue weighted by molar-refractivity contribution is 0.0767. The second kappa shape index (κ2) is 10.0. The molecule has 3 aromatic heterocycles. The Bertz CT molecular complexity index is 1440. The maximum Gasteiger partial charge on any atom is 0.262 e. The van der Waals surface area contributed by atoms with E-state index in [2.05, 4.69) is 9.97 Å². The molecule has 1 N–H and O–H groups in total. The van der Waals surface area contributed by atoms with Crippen molar-refractivity contribution in [2.45, 2.75) is 39.9 Å². The number of ether oxygens (including phenoxy) is 1. The summed E-state index contributed by atoms with van der Waals surface area (Å²) in [6, 6.07) is 6.29. The van der Waals surface area contributed by atoms with Gasteiger partial charge in [-0.25, -0.2) is 9.37 Å². The third-order valence-electron chi connectivity index (χ3n) is 5.78. The predicted octanol–water partition coefficient (Wildman–Crippen LogP) is 5.35. The van der Waals surface area contributed by atoms with Crippen LogP contribution < -0.4 is 10.5 Å². The van der Waals surface area contributed by atoms with Crippen LogP contribution in [0.3, 0.4) is 0 Å². The molecule has 0 atom stereocenters. The Balaban J connectivity index is 1.61. The van der Waals surface area contributed by atoms with E-state index in [4.69, 9.17) is 27.9 Å². The van der Waals surface area contributed by atoms with Gasteiger partial charge < -0.3 is 14.7 Å². The fraction of sp³-hybridized carbons (Fsp3) is 0.269. The summed E-state index contributed by atoms with van der Waals surface area (Å²) in [5, 5.41) is 11.0. The maximum absolute atomic E-state index is 13.3. The molecule has 36 heavy (non-hydrogen) atoms. The molecule has 0 unspecified atom stereocenters. The van der Waals surface area contributed by atoms with Crippen LogP contribution in [0.5, 0.6) is 0 Å². The number of rotatable bonds is 6. The van der Waals surface area contributed by atoms with Crippen molar-refractivity contribution in [1.82, 2.24) is 14.5 Å². The Morgan fingerprint density at radius 2 is 1.94 bits per heavy atom. The zero-order chi connectivity index (χ0) is 26.2. The van der Waals surface area contributed by atoms with E-state index in [-0.39, 0.29) is 22.8 Å². The van der Waals surface area contributed by atoms with Crippen molar-refractivity contribution >= 4 is 28.9 Å². The number of allylic oxidation sites excluding steroid dienone is 2. The first kappa shape index (κ1) is 25.9. The topological polar surface area (TPSA) is 80.5 Å². The van der Waals surface area contributed by atoms with Crippen molar-refractivity contribution in [2.75, 3.05) is 11.4 Å². The highest BCUT2D eigenvalue weighted by Gasteiger charge is 2.24. The molecule has 188 valence electrons. The molecule has 4 heterocycles. The molecule has 7 nitrogen and oxygen atoms in total. The van der Waals surface area contributed by atoms with Crippen LogP contribution in [0.2, 0.25) is 5.02 Å². The van der Waals surface area contributed by atoms with Crippen LogP contribution in [0.25, 0.3) is 5.82 Å². The number of aryl methyl sites for hydroxylation is 1. The highest BCUT2D eigenvalue weighted by molar-refractivity contribution is 6.31. The van der Waals surface area contributed by atoms with Crippen LogP contribution in [0.15, 0.2) is 70.2 Å². The summed E-state index contributed by atoms with van der Waals surface area (Å²) in [6.07, 6.45) is 6.18. The Morgan fingerprint density at radius 3 is 2.64 bits per heavy atom. The summed E-state index contributed by atoms with van der Waals surface area (Å²) in [5.41, 5.74) is 1.58. The fourth-order valence-electron chi connectivity index (χ4n) is 3.84. The van der Waals surface area contributed by atoms with Crippen LogP contribution >= 0.6 is 23.2 Å². The average molecular weight is 531 g/mol. The smallest absolute Gasteiger partial charge is 0.262 e.